The number of imide groups is 1. The van der Waals surface area contributed by atoms with E-state index in [0.29, 0.717) is 43.8 Å². The van der Waals surface area contributed by atoms with Crippen LogP contribution in [0.15, 0.2) is 18.2 Å². The van der Waals surface area contributed by atoms with Crippen LogP contribution in [-0.4, -0.2) is 60.4 Å². The quantitative estimate of drug-likeness (QED) is 0.562. The van der Waals surface area contributed by atoms with Crippen molar-refractivity contribution >= 4 is 40.9 Å². The molecule has 0 bridgehead atoms. The van der Waals surface area contributed by atoms with E-state index in [4.69, 9.17) is 4.74 Å². The molecule has 1 spiro atoms. The molecule has 1 saturated heterocycles. The molecule has 1 atom stereocenters. The molecule has 184 valence electrons. The Balaban J connectivity index is 1.33. The topological polar surface area (TPSA) is 120 Å². The van der Waals surface area contributed by atoms with Gasteiger partial charge in [-0.15, -0.1) is 11.3 Å². The van der Waals surface area contributed by atoms with Crippen LogP contribution in [0, 0.1) is 13.8 Å². The first kappa shape index (κ1) is 23.2. The highest BCUT2D eigenvalue weighted by atomic mass is 32.1. The lowest BCUT2D eigenvalue weighted by Gasteiger charge is -2.24. The molecule has 6 amide bonds. The number of carbonyl (C=O) groups excluding carboxylic acids is 4. The predicted molar refractivity (Wildman–Crippen MR) is 129 cm³/mol. The largest absolute Gasteiger partial charge is 0.490 e. The molecule has 1 aromatic carbocycles. The molecule has 2 aliphatic heterocycles. The van der Waals surface area contributed by atoms with Crippen molar-refractivity contribution in [2.24, 2.45) is 0 Å². The highest BCUT2D eigenvalue weighted by Crippen LogP contribution is 2.42. The van der Waals surface area contributed by atoms with Crippen LogP contribution in [0.3, 0.4) is 0 Å². The standard InChI is InChI=1S/C24H27N5O5S/c1-13-14(2)35-18-11-28(8-9-34-20(13)18)19(30)12-29-21(31)24(27-23(29)33)7-6-15-10-16(4-5-17(15)24)26-22(32)25-3/h4-5,10H,6-9,11-12H2,1-3H3,(H,27,33)(H2,25,26,32)/t24-/m1/s1. The van der Waals surface area contributed by atoms with Crippen molar-refractivity contribution in [3.05, 3.63) is 44.6 Å². The monoisotopic (exact) mass is 497 g/mol. The van der Waals surface area contributed by atoms with Gasteiger partial charge < -0.3 is 25.6 Å². The third kappa shape index (κ3) is 3.79. The third-order valence-corrected chi connectivity index (χ3v) is 8.15. The fourth-order valence-corrected chi connectivity index (χ4v) is 6.14. The Morgan fingerprint density at radius 1 is 1.26 bits per heavy atom. The number of hydrogen-bond donors (Lipinski definition) is 3. The highest BCUT2D eigenvalue weighted by Gasteiger charge is 2.55. The van der Waals surface area contributed by atoms with Gasteiger partial charge in [0.2, 0.25) is 5.91 Å². The van der Waals surface area contributed by atoms with E-state index in [9.17, 15) is 19.2 Å². The number of nitrogens with one attached hydrogen (secondary N) is 3. The molecule has 11 heteroatoms. The van der Waals surface area contributed by atoms with Crippen molar-refractivity contribution < 1.29 is 23.9 Å². The summed E-state index contributed by atoms with van der Waals surface area (Å²) in [6.07, 6.45) is 0.964. The first-order chi connectivity index (χ1) is 16.7. The first-order valence-electron chi connectivity index (χ1n) is 11.5. The van der Waals surface area contributed by atoms with Crippen LogP contribution in [0.4, 0.5) is 15.3 Å². The molecule has 1 aromatic heterocycles. The number of anilines is 1. The Hall–Kier alpha value is -3.60. The second-order valence-corrected chi connectivity index (χ2v) is 10.3. The fourth-order valence-electron chi connectivity index (χ4n) is 4.99. The molecule has 1 aliphatic carbocycles. The number of thiophene rings is 1. The normalized spacial score (nSPS) is 20.8. The molecular weight excluding hydrogens is 470 g/mol. The lowest BCUT2D eigenvalue weighted by molar-refractivity contribution is -0.139. The van der Waals surface area contributed by atoms with Crippen molar-refractivity contribution in [3.63, 3.8) is 0 Å². The van der Waals surface area contributed by atoms with Gasteiger partial charge in [0.05, 0.1) is 18.0 Å². The SMILES string of the molecule is CNC(=O)Nc1ccc2c(c1)CC[C@@]21NC(=O)N(CC(=O)N2CCOc3c(sc(C)c3C)C2)C1=O. The molecule has 5 rings (SSSR count). The summed E-state index contributed by atoms with van der Waals surface area (Å²) in [7, 11) is 1.53. The number of benzene rings is 1. The Morgan fingerprint density at radius 3 is 2.83 bits per heavy atom. The first-order valence-corrected chi connectivity index (χ1v) is 12.3. The van der Waals surface area contributed by atoms with Gasteiger partial charge in [-0.2, -0.15) is 0 Å². The number of ether oxygens (including phenoxy) is 1. The smallest absolute Gasteiger partial charge is 0.325 e. The average molecular weight is 498 g/mol. The van der Waals surface area contributed by atoms with Gasteiger partial charge >= 0.3 is 12.1 Å². The summed E-state index contributed by atoms with van der Waals surface area (Å²) in [5.74, 6) is 0.120. The fraction of sp³-hybridized carbons (Fsp3) is 0.417. The van der Waals surface area contributed by atoms with Gasteiger partial charge in [0.1, 0.15) is 24.4 Å². The van der Waals surface area contributed by atoms with Crippen LogP contribution in [0.1, 0.15) is 32.9 Å². The van der Waals surface area contributed by atoms with E-state index in [0.717, 1.165) is 31.5 Å². The molecule has 3 heterocycles. The molecule has 10 nitrogen and oxygen atoms in total. The summed E-state index contributed by atoms with van der Waals surface area (Å²) in [6, 6.07) is 4.36. The van der Waals surface area contributed by atoms with Crippen LogP contribution in [-0.2, 0) is 28.1 Å². The molecule has 0 radical (unpaired) electrons. The van der Waals surface area contributed by atoms with Crippen LogP contribution in [0.25, 0.3) is 0 Å². The maximum atomic E-state index is 13.5. The zero-order chi connectivity index (χ0) is 24.9. The number of carbonyl (C=O) groups is 4. The molecule has 3 N–H and O–H groups in total. The van der Waals surface area contributed by atoms with Crippen molar-refractivity contribution in [3.8, 4) is 5.75 Å². The highest BCUT2D eigenvalue weighted by molar-refractivity contribution is 7.12. The number of fused-ring (bicyclic) bond motifs is 3. The Labute approximate surface area is 206 Å². The van der Waals surface area contributed by atoms with Crippen molar-refractivity contribution in [1.29, 1.82) is 0 Å². The van der Waals surface area contributed by atoms with Gasteiger partial charge in [-0.05, 0) is 49.9 Å². The number of amides is 6. The lowest BCUT2D eigenvalue weighted by Crippen LogP contribution is -2.45. The van der Waals surface area contributed by atoms with Crippen molar-refractivity contribution in [1.82, 2.24) is 20.4 Å². The second-order valence-electron chi connectivity index (χ2n) is 9.00. The van der Waals surface area contributed by atoms with Gasteiger partial charge in [0, 0.05) is 23.2 Å². The Bertz CT molecular complexity index is 1260. The number of hydrogen-bond acceptors (Lipinski definition) is 6. The van der Waals surface area contributed by atoms with Crippen LogP contribution in [0.2, 0.25) is 0 Å². The molecular formula is C24H27N5O5S. The van der Waals surface area contributed by atoms with Gasteiger partial charge in [-0.3, -0.25) is 14.5 Å². The number of aryl methyl sites for hydroxylation is 2. The summed E-state index contributed by atoms with van der Waals surface area (Å²) in [5.41, 5.74) is 2.08. The Morgan fingerprint density at radius 2 is 2.06 bits per heavy atom. The lowest BCUT2D eigenvalue weighted by atomic mass is 9.91. The molecule has 1 fully saturated rings. The number of nitrogens with zero attached hydrogens (tertiary/aromatic N) is 2. The third-order valence-electron chi connectivity index (χ3n) is 6.98. The van der Waals surface area contributed by atoms with Crippen molar-refractivity contribution in [2.45, 2.75) is 38.8 Å². The average Bonchev–Trinajstić information content (AvgIpc) is 3.33. The van der Waals surface area contributed by atoms with Crippen molar-refractivity contribution in [2.75, 3.05) is 32.1 Å². The van der Waals surface area contributed by atoms with E-state index in [2.05, 4.69) is 16.0 Å². The van der Waals surface area contributed by atoms with Gasteiger partial charge in [-0.25, -0.2) is 9.59 Å². The summed E-state index contributed by atoms with van der Waals surface area (Å²) in [4.78, 5) is 56.0. The Kier molecular flexibility index (Phi) is 5.66. The zero-order valence-electron chi connectivity index (χ0n) is 19.8. The molecule has 3 aliphatic rings. The summed E-state index contributed by atoms with van der Waals surface area (Å²) >= 11 is 1.60. The van der Waals surface area contributed by atoms with Gasteiger partial charge in [-0.1, -0.05) is 6.07 Å². The maximum Gasteiger partial charge on any atom is 0.325 e. The van der Waals surface area contributed by atoms with Crippen LogP contribution < -0.4 is 20.7 Å². The van der Waals surface area contributed by atoms with E-state index in [1.54, 1.807) is 28.4 Å². The minimum Gasteiger partial charge on any atom is -0.490 e. The van der Waals surface area contributed by atoms with E-state index >= 15 is 0 Å². The van der Waals surface area contributed by atoms with Gasteiger partial charge in [0.15, 0.2) is 0 Å². The number of urea groups is 2. The minimum absolute atomic E-state index is 0.297. The summed E-state index contributed by atoms with van der Waals surface area (Å²) in [5, 5.41) is 8.06. The van der Waals surface area contributed by atoms with E-state index < -0.39 is 17.5 Å². The molecule has 0 unspecified atom stereocenters. The zero-order valence-corrected chi connectivity index (χ0v) is 20.6. The van der Waals surface area contributed by atoms with E-state index in [-0.39, 0.29) is 18.5 Å². The maximum absolute atomic E-state index is 13.5. The summed E-state index contributed by atoms with van der Waals surface area (Å²) in [6.45, 7) is 4.85. The van der Waals surface area contributed by atoms with Crippen LogP contribution in [0.5, 0.6) is 5.75 Å². The number of rotatable bonds is 3. The second kappa shape index (κ2) is 8.56. The van der Waals surface area contributed by atoms with E-state index in [1.807, 2.05) is 19.9 Å². The van der Waals surface area contributed by atoms with Gasteiger partial charge in [0.25, 0.3) is 5.91 Å². The van der Waals surface area contributed by atoms with Crippen LogP contribution >= 0.6 is 11.3 Å². The molecule has 0 saturated carbocycles. The predicted octanol–water partition coefficient (Wildman–Crippen LogP) is 2.23. The molecule has 35 heavy (non-hydrogen) atoms. The molecule has 2 aromatic rings. The van der Waals surface area contributed by atoms with E-state index in [1.165, 1.54) is 7.05 Å². The summed E-state index contributed by atoms with van der Waals surface area (Å²) < 4.78 is 5.88. The minimum atomic E-state index is -1.19.